The van der Waals surface area contributed by atoms with Crippen LogP contribution in [0.1, 0.15) is 18.6 Å². The van der Waals surface area contributed by atoms with E-state index in [1.165, 1.54) is 10.6 Å². The number of hydrogen-bond donors (Lipinski definition) is 0. The summed E-state index contributed by atoms with van der Waals surface area (Å²) in [5.41, 5.74) is 1.08. The van der Waals surface area contributed by atoms with Crippen LogP contribution in [0.25, 0.3) is 11.3 Å². The monoisotopic (exact) mass is 362 g/mol. The summed E-state index contributed by atoms with van der Waals surface area (Å²) in [6.07, 6.45) is 3.43. The van der Waals surface area contributed by atoms with Crippen LogP contribution in [0.3, 0.4) is 0 Å². The van der Waals surface area contributed by atoms with Crippen molar-refractivity contribution in [3.8, 4) is 11.3 Å². The minimum atomic E-state index is -3.11. The van der Waals surface area contributed by atoms with E-state index < -0.39 is 10.0 Å². The number of rotatable bonds is 6. The van der Waals surface area contributed by atoms with Crippen molar-refractivity contribution in [3.05, 3.63) is 48.2 Å². The zero-order chi connectivity index (χ0) is 17.9. The molecule has 5 nitrogen and oxygen atoms in total. The summed E-state index contributed by atoms with van der Waals surface area (Å²) in [5, 5.41) is 0. The molecule has 0 radical (unpaired) electrons. The van der Waals surface area contributed by atoms with Crippen LogP contribution in [0.5, 0.6) is 0 Å². The highest BCUT2D eigenvalue weighted by atomic mass is 32.2. The molecular weight excluding hydrogens is 336 g/mol. The molecule has 1 unspecified atom stereocenters. The zero-order valence-corrected chi connectivity index (χ0v) is 15.7. The number of hydrogen-bond acceptors (Lipinski definition) is 4. The second-order valence-corrected chi connectivity index (χ2v) is 9.01. The molecule has 1 aromatic carbocycles. The third kappa shape index (κ3) is 4.93. The third-order valence-corrected chi connectivity index (χ3v) is 6.07. The fourth-order valence-corrected chi connectivity index (χ4v) is 3.87. The molecule has 0 spiro atoms. The largest absolute Gasteiger partial charge is 0.460 e. The van der Waals surface area contributed by atoms with Gasteiger partial charge in [-0.05, 0) is 37.4 Å². The van der Waals surface area contributed by atoms with E-state index in [1.54, 1.807) is 7.05 Å². The Bertz CT molecular complexity index is 786. The molecule has 3 rings (SSSR count). The Kier molecular flexibility index (Phi) is 5.61. The van der Waals surface area contributed by atoms with Gasteiger partial charge in [0.15, 0.2) is 0 Å². The van der Waals surface area contributed by atoms with E-state index in [4.69, 9.17) is 4.42 Å². The lowest BCUT2D eigenvalue weighted by Gasteiger charge is -2.33. The SMILES string of the molecule is CN(CC1CCCN(Cc2ccc(-c3ccccc3)o2)C1)S(C)(=O)=O. The minimum Gasteiger partial charge on any atom is -0.460 e. The van der Waals surface area contributed by atoms with Gasteiger partial charge in [0, 0.05) is 25.7 Å². The van der Waals surface area contributed by atoms with E-state index in [0.29, 0.717) is 12.5 Å². The molecule has 1 atom stereocenters. The summed E-state index contributed by atoms with van der Waals surface area (Å²) >= 11 is 0. The van der Waals surface area contributed by atoms with Gasteiger partial charge in [-0.2, -0.15) is 0 Å². The molecule has 1 fully saturated rings. The maximum Gasteiger partial charge on any atom is 0.210 e. The Morgan fingerprint density at radius 2 is 1.96 bits per heavy atom. The normalized spacial score (nSPS) is 19.4. The van der Waals surface area contributed by atoms with Gasteiger partial charge in [-0.15, -0.1) is 0 Å². The highest BCUT2D eigenvalue weighted by Crippen LogP contribution is 2.24. The van der Waals surface area contributed by atoms with Gasteiger partial charge in [0.1, 0.15) is 11.5 Å². The van der Waals surface area contributed by atoms with E-state index in [1.807, 2.05) is 42.5 Å². The van der Waals surface area contributed by atoms with Crippen LogP contribution in [0.4, 0.5) is 0 Å². The van der Waals surface area contributed by atoms with Gasteiger partial charge >= 0.3 is 0 Å². The molecular formula is C19H26N2O3S. The van der Waals surface area contributed by atoms with Crippen molar-refractivity contribution in [2.45, 2.75) is 19.4 Å². The smallest absolute Gasteiger partial charge is 0.210 e. The van der Waals surface area contributed by atoms with Gasteiger partial charge in [0.2, 0.25) is 10.0 Å². The number of piperidine rings is 1. The number of benzene rings is 1. The van der Waals surface area contributed by atoms with Gasteiger partial charge in [0.05, 0.1) is 12.8 Å². The van der Waals surface area contributed by atoms with E-state index in [2.05, 4.69) is 4.90 Å². The third-order valence-electron chi connectivity index (χ3n) is 4.78. The van der Waals surface area contributed by atoms with Gasteiger partial charge in [-0.25, -0.2) is 12.7 Å². The molecule has 0 amide bonds. The van der Waals surface area contributed by atoms with Crippen molar-refractivity contribution < 1.29 is 12.8 Å². The Morgan fingerprint density at radius 1 is 1.20 bits per heavy atom. The van der Waals surface area contributed by atoms with Gasteiger partial charge in [0.25, 0.3) is 0 Å². The minimum absolute atomic E-state index is 0.372. The standard InChI is InChI=1S/C19H26N2O3S/c1-20(25(2,22)23)13-16-7-6-12-21(14-16)15-18-10-11-19(24-18)17-8-4-3-5-9-17/h3-5,8-11,16H,6-7,12-15H2,1-2H3. The zero-order valence-electron chi connectivity index (χ0n) is 14.9. The molecule has 0 saturated carbocycles. The van der Waals surface area contributed by atoms with Crippen LogP contribution in [0.2, 0.25) is 0 Å². The summed E-state index contributed by atoms with van der Waals surface area (Å²) in [7, 11) is -1.45. The maximum absolute atomic E-state index is 11.6. The fourth-order valence-electron chi connectivity index (χ4n) is 3.38. The lowest BCUT2D eigenvalue weighted by Crippen LogP contribution is -2.40. The van der Waals surface area contributed by atoms with Crippen molar-refractivity contribution in [2.24, 2.45) is 5.92 Å². The van der Waals surface area contributed by atoms with Crippen LogP contribution in [0.15, 0.2) is 46.9 Å². The quantitative estimate of drug-likeness (QED) is 0.793. The Balaban J connectivity index is 1.59. The van der Waals surface area contributed by atoms with Crippen LogP contribution < -0.4 is 0 Å². The number of furan rings is 1. The van der Waals surface area contributed by atoms with Crippen LogP contribution in [-0.2, 0) is 16.6 Å². The first-order chi connectivity index (χ1) is 11.9. The second kappa shape index (κ2) is 7.72. The lowest BCUT2D eigenvalue weighted by atomic mass is 9.98. The van der Waals surface area contributed by atoms with E-state index >= 15 is 0 Å². The first-order valence-electron chi connectivity index (χ1n) is 8.69. The predicted octanol–water partition coefficient (Wildman–Crippen LogP) is 3.05. The van der Waals surface area contributed by atoms with Gasteiger partial charge < -0.3 is 4.42 Å². The molecule has 2 heterocycles. The topological polar surface area (TPSA) is 53.8 Å². The van der Waals surface area contributed by atoms with Crippen molar-refractivity contribution in [1.29, 1.82) is 0 Å². The summed E-state index contributed by atoms with van der Waals surface area (Å²) in [6.45, 7) is 3.29. The number of likely N-dealkylation sites (tertiary alicyclic amines) is 1. The van der Waals surface area contributed by atoms with Gasteiger partial charge in [-0.3, -0.25) is 4.90 Å². The van der Waals surface area contributed by atoms with Crippen molar-refractivity contribution in [3.63, 3.8) is 0 Å². The molecule has 0 bridgehead atoms. The van der Waals surface area contributed by atoms with Crippen LogP contribution >= 0.6 is 0 Å². The molecule has 25 heavy (non-hydrogen) atoms. The molecule has 1 aromatic heterocycles. The van der Waals surface area contributed by atoms with E-state index in [0.717, 1.165) is 49.6 Å². The van der Waals surface area contributed by atoms with Crippen molar-refractivity contribution in [1.82, 2.24) is 9.21 Å². The molecule has 1 aliphatic heterocycles. The van der Waals surface area contributed by atoms with E-state index in [9.17, 15) is 8.42 Å². The number of nitrogens with zero attached hydrogens (tertiary/aromatic N) is 2. The Morgan fingerprint density at radius 3 is 2.68 bits per heavy atom. The summed E-state index contributed by atoms with van der Waals surface area (Å²) in [6, 6.07) is 14.1. The Hall–Kier alpha value is -1.63. The van der Waals surface area contributed by atoms with Gasteiger partial charge in [-0.1, -0.05) is 30.3 Å². The Labute approximate surface area is 150 Å². The van der Waals surface area contributed by atoms with Crippen LogP contribution in [0, 0.1) is 5.92 Å². The molecule has 0 N–H and O–H groups in total. The maximum atomic E-state index is 11.6. The fraction of sp³-hybridized carbons (Fsp3) is 0.474. The van der Waals surface area contributed by atoms with E-state index in [-0.39, 0.29) is 0 Å². The second-order valence-electron chi connectivity index (χ2n) is 6.92. The van der Waals surface area contributed by atoms with Crippen molar-refractivity contribution >= 4 is 10.0 Å². The first kappa shape index (κ1) is 18.2. The molecule has 0 aliphatic carbocycles. The van der Waals surface area contributed by atoms with Crippen molar-refractivity contribution in [2.75, 3.05) is 32.9 Å². The molecule has 2 aromatic rings. The average Bonchev–Trinajstić information content (AvgIpc) is 3.03. The molecule has 1 saturated heterocycles. The molecule has 136 valence electrons. The number of sulfonamides is 1. The first-order valence-corrected chi connectivity index (χ1v) is 10.5. The highest BCUT2D eigenvalue weighted by molar-refractivity contribution is 7.88. The molecule has 1 aliphatic rings. The highest BCUT2D eigenvalue weighted by Gasteiger charge is 2.24. The average molecular weight is 362 g/mol. The lowest BCUT2D eigenvalue weighted by molar-refractivity contribution is 0.146. The summed E-state index contributed by atoms with van der Waals surface area (Å²) < 4.78 is 30.7. The predicted molar refractivity (Wildman–Crippen MR) is 99.6 cm³/mol. The summed E-state index contributed by atoms with van der Waals surface area (Å²) in [5.74, 6) is 2.22. The van der Waals surface area contributed by atoms with Crippen LogP contribution in [-0.4, -0.2) is 50.6 Å². The summed E-state index contributed by atoms with van der Waals surface area (Å²) in [4.78, 5) is 2.36. The molecule has 6 heteroatoms.